The van der Waals surface area contributed by atoms with Crippen molar-refractivity contribution in [2.75, 3.05) is 6.54 Å². The van der Waals surface area contributed by atoms with Gasteiger partial charge in [0.05, 0.1) is 5.38 Å². The van der Waals surface area contributed by atoms with E-state index < -0.39 is 0 Å². The molecule has 1 unspecified atom stereocenters. The molecule has 0 aromatic heterocycles. The third-order valence-corrected chi connectivity index (χ3v) is 3.73. The SMILES string of the molecule is CCc1ccc(C(=O)NCC(Cl)C2CC2)cc1. The standard InChI is InChI=1S/C14H18ClNO/c1-2-10-3-5-12(6-4-10)14(17)16-9-13(15)11-7-8-11/h3-6,11,13H,2,7-9H2,1H3,(H,16,17). The zero-order valence-electron chi connectivity index (χ0n) is 10.1. The van der Waals surface area contributed by atoms with E-state index in [4.69, 9.17) is 11.6 Å². The van der Waals surface area contributed by atoms with Crippen molar-refractivity contribution >= 4 is 17.5 Å². The van der Waals surface area contributed by atoms with Crippen LogP contribution in [-0.4, -0.2) is 17.8 Å². The number of halogens is 1. The van der Waals surface area contributed by atoms with Crippen LogP contribution in [0.4, 0.5) is 0 Å². The summed E-state index contributed by atoms with van der Waals surface area (Å²) in [5, 5.41) is 2.98. The van der Waals surface area contributed by atoms with Gasteiger partial charge in [0.15, 0.2) is 0 Å². The van der Waals surface area contributed by atoms with Crippen molar-refractivity contribution in [3.8, 4) is 0 Å². The summed E-state index contributed by atoms with van der Waals surface area (Å²) in [5.74, 6) is 0.582. The van der Waals surface area contributed by atoms with Crippen LogP contribution < -0.4 is 5.32 Å². The molecule has 0 radical (unpaired) electrons. The van der Waals surface area contributed by atoms with Crippen LogP contribution in [0.25, 0.3) is 0 Å². The molecule has 2 nitrogen and oxygen atoms in total. The van der Waals surface area contributed by atoms with Gasteiger partial charge in [-0.2, -0.15) is 0 Å². The highest BCUT2D eigenvalue weighted by atomic mass is 35.5. The van der Waals surface area contributed by atoms with Crippen LogP contribution in [0.15, 0.2) is 24.3 Å². The number of carbonyl (C=O) groups excluding carboxylic acids is 1. The first-order chi connectivity index (χ1) is 8.20. The lowest BCUT2D eigenvalue weighted by atomic mass is 10.1. The summed E-state index contributed by atoms with van der Waals surface area (Å²) in [4.78, 5) is 11.8. The monoisotopic (exact) mass is 251 g/mol. The molecule has 1 aliphatic carbocycles. The Morgan fingerprint density at radius 1 is 1.41 bits per heavy atom. The van der Waals surface area contributed by atoms with Gasteiger partial charge in [0.2, 0.25) is 0 Å². The summed E-state index contributed by atoms with van der Waals surface area (Å²) in [6.45, 7) is 2.67. The van der Waals surface area contributed by atoms with E-state index in [0.29, 0.717) is 18.0 Å². The molecule has 0 heterocycles. The van der Waals surface area contributed by atoms with Gasteiger partial charge in [-0.15, -0.1) is 11.6 Å². The maximum Gasteiger partial charge on any atom is 0.251 e. The molecule has 3 heteroatoms. The van der Waals surface area contributed by atoms with E-state index in [0.717, 1.165) is 6.42 Å². The zero-order valence-corrected chi connectivity index (χ0v) is 10.8. The number of nitrogens with one attached hydrogen (secondary N) is 1. The molecule has 17 heavy (non-hydrogen) atoms. The van der Waals surface area contributed by atoms with Crippen LogP contribution in [0.1, 0.15) is 35.7 Å². The van der Waals surface area contributed by atoms with Crippen molar-refractivity contribution in [2.45, 2.75) is 31.6 Å². The largest absolute Gasteiger partial charge is 0.351 e. The number of aryl methyl sites for hydroxylation is 1. The molecule has 1 N–H and O–H groups in total. The van der Waals surface area contributed by atoms with E-state index >= 15 is 0 Å². The fraction of sp³-hybridized carbons (Fsp3) is 0.500. The molecule has 0 saturated heterocycles. The minimum Gasteiger partial charge on any atom is -0.351 e. The normalized spacial score (nSPS) is 16.6. The molecule has 1 atom stereocenters. The summed E-state index contributed by atoms with van der Waals surface area (Å²) in [6, 6.07) is 7.73. The van der Waals surface area contributed by atoms with Crippen molar-refractivity contribution in [1.82, 2.24) is 5.32 Å². The van der Waals surface area contributed by atoms with Crippen molar-refractivity contribution in [1.29, 1.82) is 0 Å². The fourth-order valence-electron chi connectivity index (χ4n) is 1.81. The van der Waals surface area contributed by atoms with Gasteiger partial charge in [0.1, 0.15) is 0 Å². The molecular weight excluding hydrogens is 234 g/mol. The molecule has 1 aliphatic rings. The Labute approximate surface area is 107 Å². The highest BCUT2D eigenvalue weighted by Crippen LogP contribution is 2.35. The Morgan fingerprint density at radius 3 is 2.59 bits per heavy atom. The van der Waals surface area contributed by atoms with Crippen LogP contribution in [0, 0.1) is 5.92 Å². The lowest BCUT2D eigenvalue weighted by Crippen LogP contribution is -2.30. The van der Waals surface area contributed by atoms with Gasteiger partial charge in [-0.3, -0.25) is 4.79 Å². The maximum atomic E-state index is 11.8. The minimum atomic E-state index is -0.0287. The van der Waals surface area contributed by atoms with Crippen LogP contribution in [-0.2, 0) is 6.42 Å². The Morgan fingerprint density at radius 2 is 2.06 bits per heavy atom. The van der Waals surface area contributed by atoms with Gasteiger partial charge < -0.3 is 5.32 Å². The number of rotatable bonds is 5. The first-order valence-corrected chi connectivity index (χ1v) is 6.65. The van der Waals surface area contributed by atoms with Gasteiger partial charge in [-0.25, -0.2) is 0 Å². The third-order valence-electron chi connectivity index (χ3n) is 3.22. The van der Waals surface area contributed by atoms with Gasteiger partial charge in [0, 0.05) is 12.1 Å². The summed E-state index contributed by atoms with van der Waals surface area (Å²) < 4.78 is 0. The molecular formula is C14H18ClNO. The Kier molecular flexibility index (Phi) is 4.06. The van der Waals surface area contributed by atoms with E-state index in [1.54, 1.807) is 0 Å². The third kappa shape index (κ3) is 3.47. The highest BCUT2D eigenvalue weighted by molar-refractivity contribution is 6.21. The Balaban J connectivity index is 1.85. The number of alkyl halides is 1. The predicted octanol–water partition coefficient (Wildman–Crippen LogP) is 3.00. The van der Waals surface area contributed by atoms with E-state index in [1.807, 2.05) is 24.3 Å². The topological polar surface area (TPSA) is 29.1 Å². The van der Waals surface area contributed by atoms with Crippen molar-refractivity contribution in [3.05, 3.63) is 35.4 Å². The van der Waals surface area contributed by atoms with Crippen LogP contribution in [0.2, 0.25) is 0 Å². The highest BCUT2D eigenvalue weighted by Gasteiger charge is 2.29. The summed E-state index contributed by atoms with van der Waals surface area (Å²) >= 11 is 6.14. The molecule has 2 rings (SSSR count). The van der Waals surface area contributed by atoms with E-state index in [9.17, 15) is 4.79 Å². The second-order valence-corrected chi connectivity index (χ2v) is 5.17. The number of amides is 1. The quantitative estimate of drug-likeness (QED) is 0.801. The molecule has 1 amide bonds. The van der Waals surface area contributed by atoms with Crippen LogP contribution in [0.3, 0.4) is 0 Å². The number of hydrogen-bond donors (Lipinski definition) is 1. The smallest absolute Gasteiger partial charge is 0.251 e. The van der Waals surface area contributed by atoms with Gasteiger partial charge in [-0.05, 0) is 42.9 Å². The van der Waals surface area contributed by atoms with Gasteiger partial charge >= 0.3 is 0 Å². The molecule has 0 spiro atoms. The Hall–Kier alpha value is -1.02. The van der Waals surface area contributed by atoms with E-state index in [2.05, 4.69) is 12.2 Å². The molecule has 92 valence electrons. The van der Waals surface area contributed by atoms with Crippen molar-refractivity contribution in [3.63, 3.8) is 0 Å². The number of carbonyl (C=O) groups is 1. The number of benzene rings is 1. The van der Waals surface area contributed by atoms with Crippen LogP contribution >= 0.6 is 11.6 Å². The number of hydrogen-bond acceptors (Lipinski definition) is 1. The lowest BCUT2D eigenvalue weighted by Gasteiger charge is -2.09. The van der Waals surface area contributed by atoms with Gasteiger partial charge in [-0.1, -0.05) is 19.1 Å². The van der Waals surface area contributed by atoms with Crippen molar-refractivity contribution < 1.29 is 4.79 Å². The summed E-state index contributed by atoms with van der Waals surface area (Å²) in [5.41, 5.74) is 1.96. The average molecular weight is 252 g/mol. The molecule has 0 aliphatic heterocycles. The van der Waals surface area contributed by atoms with Crippen molar-refractivity contribution in [2.24, 2.45) is 5.92 Å². The predicted molar refractivity (Wildman–Crippen MR) is 70.5 cm³/mol. The molecule has 1 aromatic rings. The second-order valence-electron chi connectivity index (χ2n) is 4.61. The maximum absolute atomic E-state index is 11.8. The van der Waals surface area contributed by atoms with Crippen LogP contribution in [0.5, 0.6) is 0 Å². The molecule has 1 aromatic carbocycles. The summed E-state index contributed by atoms with van der Waals surface area (Å²) in [7, 11) is 0. The Bertz CT molecular complexity index is 384. The first kappa shape index (κ1) is 12.4. The second kappa shape index (κ2) is 5.54. The lowest BCUT2D eigenvalue weighted by molar-refractivity contribution is 0.0953. The zero-order chi connectivity index (χ0) is 12.3. The molecule has 1 fully saturated rings. The van der Waals surface area contributed by atoms with E-state index in [-0.39, 0.29) is 11.3 Å². The summed E-state index contributed by atoms with van der Waals surface area (Å²) in [6.07, 6.45) is 3.40. The molecule has 1 saturated carbocycles. The first-order valence-electron chi connectivity index (χ1n) is 6.22. The van der Waals surface area contributed by atoms with Gasteiger partial charge in [0.25, 0.3) is 5.91 Å². The van der Waals surface area contributed by atoms with E-state index in [1.165, 1.54) is 18.4 Å². The minimum absolute atomic E-state index is 0.0287. The average Bonchev–Trinajstić information content (AvgIpc) is 3.20. The molecule has 0 bridgehead atoms. The fourth-order valence-corrected chi connectivity index (χ4v) is 2.14.